The first-order valence-electron chi connectivity index (χ1n) is 6.61. The zero-order valence-electron chi connectivity index (χ0n) is 11.2. The Morgan fingerprint density at radius 1 is 1.50 bits per heavy atom. The van der Waals surface area contributed by atoms with Crippen LogP contribution in [-0.2, 0) is 0 Å². The van der Waals surface area contributed by atoms with Gasteiger partial charge in [-0.3, -0.25) is 0 Å². The van der Waals surface area contributed by atoms with E-state index in [1.54, 1.807) is 18.1 Å². The highest BCUT2D eigenvalue weighted by Crippen LogP contribution is 2.29. The first-order chi connectivity index (χ1) is 8.78. The third-order valence-corrected chi connectivity index (χ3v) is 4.45. The molecule has 2 heterocycles. The van der Waals surface area contributed by atoms with Gasteiger partial charge in [-0.15, -0.1) is 11.8 Å². The summed E-state index contributed by atoms with van der Waals surface area (Å²) in [5.74, 6) is 1.84. The second kappa shape index (κ2) is 6.38. The van der Waals surface area contributed by atoms with Crippen molar-refractivity contribution in [3.63, 3.8) is 0 Å². The van der Waals surface area contributed by atoms with Gasteiger partial charge in [-0.25, -0.2) is 9.97 Å². The Bertz CT molecular complexity index is 385. The third-order valence-electron chi connectivity index (χ3n) is 3.80. The van der Waals surface area contributed by atoms with Gasteiger partial charge in [0, 0.05) is 25.2 Å². The molecule has 2 atom stereocenters. The molecule has 0 radical (unpaired) electrons. The largest absolute Gasteiger partial charge is 0.352 e. The molecule has 1 fully saturated rings. The molecule has 1 aromatic heterocycles. The average Bonchev–Trinajstić information content (AvgIpc) is 2.46. The van der Waals surface area contributed by atoms with E-state index in [4.69, 9.17) is 5.73 Å². The Labute approximate surface area is 113 Å². The van der Waals surface area contributed by atoms with Crippen LogP contribution in [0, 0.1) is 5.92 Å². The molecule has 4 nitrogen and oxygen atoms in total. The highest BCUT2D eigenvalue weighted by atomic mass is 32.2. The maximum atomic E-state index is 5.93. The molecule has 0 bridgehead atoms. The van der Waals surface area contributed by atoms with E-state index < -0.39 is 0 Å². The van der Waals surface area contributed by atoms with Crippen LogP contribution in [0.15, 0.2) is 17.4 Å². The molecular weight excluding hydrogens is 244 g/mol. The highest BCUT2D eigenvalue weighted by molar-refractivity contribution is 7.98. The molecule has 18 heavy (non-hydrogen) atoms. The van der Waals surface area contributed by atoms with Gasteiger partial charge in [-0.05, 0) is 25.0 Å². The van der Waals surface area contributed by atoms with Crippen LogP contribution in [0.25, 0.3) is 0 Å². The molecule has 1 saturated heterocycles. The van der Waals surface area contributed by atoms with Crippen molar-refractivity contribution in [3.05, 3.63) is 12.4 Å². The fraction of sp³-hybridized carbons (Fsp3) is 0.692. The molecule has 2 N–H and O–H groups in total. The Morgan fingerprint density at radius 2 is 2.33 bits per heavy atom. The maximum absolute atomic E-state index is 5.93. The highest BCUT2D eigenvalue weighted by Gasteiger charge is 2.27. The lowest BCUT2D eigenvalue weighted by Crippen LogP contribution is -2.47. The normalized spacial score (nSPS) is 24.3. The summed E-state index contributed by atoms with van der Waals surface area (Å²) in [5, 5.41) is 1.02. The summed E-state index contributed by atoms with van der Waals surface area (Å²) in [4.78, 5) is 11.0. The van der Waals surface area contributed by atoms with Crippen LogP contribution in [0.4, 0.5) is 5.82 Å². The first-order valence-corrected chi connectivity index (χ1v) is 7.83. The summed E-state index contributed by atoms with van der Waals surface area (Å²) in [5.41, 5.74) is 5.93. The van der Waals surface area contributed by atoms with E-state index in [1.807, 2.05) is 6.26 Å². The Balaban J connectivity index is 2.15. The summed E-state index contributed by atoms with van der Waals surface area (Å²) in [6.07, 6.45) is 7.37. The van der Waals surface area contributed by atoms with Crippen molar-refractivity contribution in [2.45, 2.75) is 37.3 Å². The van der Waals surface area contributed by atoms with Crippen molar-refractivity contribution in [2.75, 3.05) is 24.2 Å². The topological polar surface area (TPSA) is 55.0 Å². The molecule has 1 aromatic rings. The third kappa shape index (κ3) is 2.95. The van der Waals surface area contributed by atoms with E-state index in [1.165, 1.54) is 19.3 Å². The minimum Gasteiger partial charge on any atom is -0.352 e. The van der Waals surface area contributed by atoms with Gasteiger partial charge in [-0.2, -0.15) is 0 Å². The summed E-state index contributed by atoms with van der Waals surface area (Å²) in [6, 6.07) is 2.49. The quantitative estimate of drug-likeness (QED) is 0.668. The minimum atomic E-state index is 0.424. The van der Waals surface area contributed by atoms with Crippen molar-refractivity contribution in [2.24, 2.45) is 11.7 Å². The van der Waals surface area contributed by atoms with Crippen LogP contribution in [0.5, 0.6) is 0 Å². The molecule has 2 unspecified atom stereocenters. The Hall–Kier alpha value is -0.810. The second-order valence-electron chi connectivity index (χ2n) is 4.80. The van der Waals surface area contributed by atoms with Crippen molar-refractivity contribution in [3.8, 4) is 0 Å². The number of rotatable bonds is 4. The summed E-state index contributed by atoms with van der Waals surface area (Å²) < 4.78 is 0. The number of nitrogens with two attached hydrogens (primary N) is 1. The van der Waals surface area contributed by atoms with E-state index in [0.717, 1.165) is 23.3 Å². The van der Waals surface area contributed by atoms with Gasteiger partial charge < -0.3 is 10.6 Å². The molecule has 0 aromatic carbocycles. The molecular formula is C13H22N4S. The fourth-order valence-corrected chi connectivity index (χ4v) is 3.00. The number of anilines is 1. The molecule has 2 rings (SSSR count). The van der Waals surface area contributed by atoms with Gasteiger partial charge in [0.1, 0.15) is 17.2 Å². The summed E-state index contributed by atoms with van der Waals surface area (Å²) in [6.45, 7) is 4.03. The lowest BCUT2D eigenvalue weighted by Gasteiger charge is -2.39. The van der Waals surface area contributed by atoms with Gasteiger partial charge in [-0.1, -0.05) is 13.3 Å². The number of hydrogen-bond acceptors (Lipinski definition) is 5. The predicted molar refractivity (Wildman–Crippen MR) is 77.0 cm³/mol. The van der Waals surface area contributed by atoms with Crippen LogP contribution in [0.2, 0.25) is 0 Å². The molecule has 1 aliphatic rings. The average molecular weight is 266 g/mol. The summed E-state index contributed by atoms with van der Waals surface area (Å²) >= 11 is 1.65. The van der Waals surface area contributed by atoms with Gasteiger partial charge in [0.05, 0.1) is 0 Å². The van der Waals surface area contributed by atoms with Crippen molar-refractivity contribution in [1.29, 1.82) is 0 Å². The molecule has 0 aliphatic carbocycles. The lowest BCUT2D eigenvalue weighted by molar-refractivity contribution is 0.334. The summed E-state index contributed by atoms with van der Waals surface area (Å²) in [7, 11) is 0. The van der Waals surface area contributed by atoms with Crippen LogP contribution in [0.1, 0.15) is 26.2 Å². The van der Waals surface area contributed by atoms with E-state index in [0.29, 0.717) is 12.6 Å². The SMILES string of the molecule is CCC1CCN(c2cc(SC)ncn2)C(CN)C1. The van der Waals surface area contributed by atoms with Crippen LogP contribution >= 0.6 is 11.8 Å². The first kappa shape index (κ1) is 13.6. The van der Waals surface area contributed by atoms with Gasteiger partial charge >= 0.3 is 0 Å². The van der Waals surface area contributed by atoms with Gasteiger partial charge in [0.25, 0.3) is 0 Å². The fourth-order valence-electron chi connectivity index (χ4n) is 2.63. The van der Waals surface area contributed by atoms with E-state index >= 15 is 0 Å². The maximum Gasteiger partial charge on any atom is 0.133 e. The van der Waals surface area contributed by atoms with Crippen molar-refractivity contribution >= 4 is 17.6 Å². The van der Waals surface area contributed by atoms with Crippen molar-refractivity contribution in [1.82, 2.24) is 9.97 Å². The standard InChI is InChI=1S/C13H22N4S/c1-3-10-4-5-17(11(6-10)8-14)12-7-13(18-2)16-9-15-12/h7,9-11H,3-6,8,14H2,1-2H3. The number of thioether (sulfide) groups is 1. The molecule has 0 amide bonds. The number of nitrogens with zero attached hydrogens (tertiary/aromatic N) is 3. The van der Waals surface area contributed by atoms with Crippen LogP contribution in [-0.4, -0.2) is 35.4 Å². The molecule has 1 aliphatic heterocycles. The van der Waals surface area contributed by atoms with Crippen LogP contribution < -0.4 is 10.6 Å². The second-order valence-corrected chi connectivity index (χ2v) is 5.63. The number of hydrogen-bond donors (Lipinski definition) is 1. The van der Waals surface area contributed by atoms with Crippen LogP contribution in [0.3, 0.4) is 0 Å². The Morgan fingerprint density at radius 3 is 3.00 bits per heavy atom. The number of piperidine rings is 1. The van der Waals surface area contributed by atoms with E-state index in [9.17, 15) is 0 Å². The van der Waals surface area contributed by atoms with E-state index in [-0.39, 0.29) is 0 Å². The molecule has 0 saturated carbocycles. The number of aromatic nitrogens is 2. The minimum absolute atomic E-state index is 0.424. The molecule has 100 valence electrons. The predicted octanol–water partition coefficient (Wildman–Crippen LogP) is 2.15. The lowest BCUT2D eigenvalue weighted by atomic mass is 9.89. The van der Waals surface area contributed by atoms with Gasteiger partial charge in [0.15, 0.2) is 0 Å². The zero-order chi connectivity index (χ0) is 13.0. The van der Waals surface area contributed by atoms with Crippen molar-refractivity contribution < 1.29 is 0 Å². The zero-order valence-corrected chi connectivity index (χ0v) is 12.0. The Kier molecular flexibility index (Phi) is 4.83. The molecule has 5 heteroatoms. The smallest absolute Gasteiger partial charge is 0.133 e. The van der Waals surface area contributed by atoms with Gasteiger partial charge in [0.2, 0.25) is 0 Å². The monoisotopic (exact) mass is 266 g/mol. The van der Waals surface area contributed by atoms with E-state index in [2.05, 4.69) is 27.9 Å². The molecule has 0 spiro atoms.